The minimum absolute atomic E-state index is 0.184. The Kier molecular flexibility index (Phi) is 7.24. The highest BCUT2D eigenvalue weighted by molar-refractivity contribution is 5.94. The number of aromatic nitrogens is 3. The van der Waals surface area contributed by atoms with Crippen LogP contribution in [-0.2, 0) is 4.74 Å². The van der Waals surface area contributed by atoms with Gasteiger partial charge in [0.1, 0.15) is 0 Å². The van der Waals surface area contributed by atoms with Crippen molar-refractivity contribution in [3.63, 3.8) is 0 Å². The van der Waals surface area contributed by atoms with Crippen LogP contribution < -0.4 is 16.0 Å². The quantitative estimate of drug-likeness (QED) is 0.344. The van der Waals surface area contributed by atoms with Gasteiger partial charge >= 0.3 is 6.09 Å². The number of rotatable bonds is 8. The first kappa shape index (κ1) is 22.7. The number of hydrogen-bond acceptors (Lipinski definition) is 7. The Morgan fingerprint density at radius 3 is 2.44 bits per heavy atom. The maximum atomic E-state index is 12.3. The lowest BCUT2D eigenvalue weighted by molar-refractivity contribution is 0.0953. The first-order valence-corrected chi connectivity index (χ1v) is 10.8. The van der Waals surface area contributed by atoms with Crippen LogP contribution in [0.15, 0.2) is 73.2 Å². The Morgan fingerprint density at radius 2 is 1.68 bits per heavy atom. The summed E-state index contributed by atoms with van der Waals surface area (Å²) in [6.07, 6.45) is 5.43. The van der Waals surface area contributed by atoms with Crippen molar-refractivity contribution in [1.82, 2.24) is 25.6 Å². The molecule has 0 aliphatic rings. The number of anilines is 2. The summed E-state index contributed by atoms with van der Waals surface area (Å²) < 4.78 is 4.49. The smallest absolute Gasteiger partial charge is 0.406 e. The van der Waals surface area contributed by atoms with Gasteiger partial charge in [0, 0.05) is 48.3 Å². The zero-order valence-corrected chi connectivity index (χ0v) is 18.6. The molecule has 34 heavy (non-hydrogen) atoms. The zero-order chi connectivity index (χ0) is 23.8. The fourth-order valence-corrected chi connectivity index (χ4v) is 3.31. The minimum Gasteiger partial charge on any atom is -0.453 e. The number of fused-ring (bicyclic) bond motifs is 1. The molecule has 0 fully saturated rings. The van der Waals surface area contributed by atoms with Gasteiger partial charge in [-0.15, -0.1) is 0 Å². The summed E-state index contributed by atoms with van der Waals surface area (Å²) in [5.74, 6) is 0.288. The summed E-state index contributed by atoms with van der Waals surface area (Å²) in [6, 6.07) is 17.0. The Balaban J connectivity index is 1.34. The Morgan fingerprint density at radius 1 is 0.912 bits per heavy atom. The molecule has 3 N–H and O–H groups in total. The van der Waals surface area contributed by atoms with Crippen LogP contribution in [0.5, 0.6) is 0 Å². The van der Waals surface area contributed by atoms with Gasteiger partial charge in [-0.2, -0.15) is 0 Å². The summed E-state index contributed by atoms with van der Waals surface area (Å²) in [5.41, 5.74) is 4.29. The lowest BCUT2D eigenvalue weighted by atomic mass is 10.1. The van der Waals surface area contributed by atoms with Crippen LogP contribution >= 0.6 is 0 Å². The fourth-order valence-electron chi connectivity index (χ4n) is 3.31. The van der Waals surface area contributed by atoms with Crippen molar-refractivity contribution in [2.45, 2.75) is 6.42 Å². The molecule has 0 spiro atoms. The predicted octanol–water partition coefficient (Wildman–Crippen LogP) is 3.91. The van der Waals surface area contributed by atoms with Gasteiger partial charge in [-0.3, -0.25) is 9.78 Å². The number of hydrogen-bond donors (Lipinski definition) is 3. The van der Waals surface area contributed by atoms with Crippen LogP contribution in [0.25, 0.3) is 22.0 Å². The molecule has 2 aromatic heterocycles. The highest BCUT2D eigenvalue weighted by Crippen LogP contribution is 2.24. The largest absolute Gasteiger partial charge is 0.453 e. The van der Waals surface area contributed by atoms with E-state index in [4.69, 9.17) is 0 Å². The normalized spacial score (nSPS) is 10.5. The molecular weight excluding hydrogens is 432 g/mol. The molecule has 0 saturated heterocycles. The molecule has 2 heterocycles. The molecule has 0 saturated carbocycles. The van der Waals surface area contributed by atoms with Gasteiger partial charge in [-0.1, -0.05) is 6.07 Å². The van der Waals surface area contributed by atoms with E-state index in [1.165, 1.54) is 7.11 Å². The van der Waals surface area contributed by atoms with Gasteiger partial charge in [-0.25, -0.2) is 14.8 Å². The van der Waals surface area contributed by atoms with Crippen molar-refractivity contribution in [3.05, 3.63) is 78.8 Å². The molecule has 0 radical (unpaired) electrons. The number of alkyl carbamates (subject to hydrolysis) is 1. The van der Waals surface area contributed by atoms with E-state index in [1.54, 1.807) is 42.9 Å². The third-order valence-corrected chi connectivity index (χ3v) is 5.09. The average molecular weight is 457 g/mol. The van der Waals surface area contributed by atoms with Crippen LogP contribution in [0.1, 0.15) is 16.8 Å². The lowest BCUT2D eigenvalue weighted by Crippen LogP contribution is -2.29. The zero-order valence-electron chi connectivity index (χ0n) is 18.6. The number of carbonyl (C=O) groups is 2. The number of carbonyl (C=O) groups excluding carboxylic acids is 2. The number of nitrogens with zero attached hydrogens (tertiary/aromatic N) is 3. The van der Waals surface area contributed by atoms with Crippen molar-refractivity contribution in [2.75, 3.05) is 25.5 Å². The average Bonchev–Trinajstić information content (AvgIpc) is 2.88. The summed E-state index contributed by atoms with van der Waals surface area (Å²) in [6.45, 7) is 0.864. The highest BCUT2D eigenvalue weighted by atomic mass is 16.5. The standard InChI is InChI=1S/C25H24N6O3/c1-34-25(33)28-12-2-11-27-23(32)18-3-6-21(7-4-18)30-24-29-16-20-15-19(5-8-22(20)31-24)17-9-13-26-14-10-17/h3-10,13-16H,2,11-12H2,1H3,(H,27,32)(H,28,33)(H,29,30,31). The summed E-state index contributed by atoms with van der Waals surface area (Å²) in [7, 11) is 1.31. The maximum Gasteiger partial charge on any atom is 0.406 e. The molecule has 9 nitrogen and oxygen atoms in total. The number of nitrogens with one attached hydrogen (secondary N) is 3. The van der Waals surface area contributed by atoms with E-state index < -0.39 is 6.09 Å². The van der Waals surface area contributed by atoms with E-state index in [1.807, 2.05) is 30.3 Å². The molecule has 9 heteroatoms. The van der Waals surface area contributed by atoms with Gasteiger partial charge in [0.25, 0.3) is 5.91 Å². The monoisotopic (exact) mass is 456 g/mol. The number of amides is 2. The first-order valence-electron chi connectivity index (χ1n) is 10.8. The second kappa shape index (κ2) is 10.9. The van der Waals surface area contributed by atoms with Gasteiger partial charge in [-0.05, 0) is 66.1 Å². The second-order valence-corrected chi connectivity index (χ2v) is 7.43. The summed E-state index contributed by atoms with van der Waals surface area (Å²) in [4.78, 5) is 36.3. The van der Waals surface area contributed by atoms with Gasteiger partial charge in [0.2, 0.25) is 5.95 Å². The van der Waals surface area contributed by atoms with Crippen molar-refractivity contribution in [1.29, 1.82) is 0 Å². The molecule has 2 amide bonds. The maximum absolute atomic E-state index is 12.3. The molecule has 4 aromatic rings. The first-order chi connectivity index (χ1) is 16.6. The van der Waals surface area contributed by atoms with Gasteiger partial charge in [0.05, 0.1) is 12.6 Å². The van der Waals surface area contributed by atoms with Crippen LogP contribution in [0.4, 0.5) is 16.4 Å². The number of ether oxygens (including phenoxy) is 1. The van der Waals surface area contributed by atoms with Gasteiger partial charge in [0.15, 0.2) is 0 Å². The minimum atomic E-state index is -0.487. The van der Waals surface area contributed by atoms with E-state index in [9.17, 15) is 9.59 Å². The number of benzene rings is 2. The number of methoxy groups -OCH3 is 1. The van der Waals surface area contributed by atoms with Crippen molar-refractivity contribution >= 4 is 34.5 Å². The fraction of sp³-hybridized carbons (Fsp3) is 0.160. The molecule has 0 aliphatic carbocycles. The number of pyridine rings is 1. The molecule has 4 rings (SSSR count). The van der Waals surface area contributed by atoms with E-state index in [-0.39, 0.29) is 5.91 Å². The highest BCUT2D eigenvalue weighted by Gasteiger charge is 2.07. The summed E-state index contributed by atoms with van der Waals surface area (Å²) in [5, 5.41) is 9.49. The van der Waals surface area contributed by atoms with E-state index in [0.29, 0.717) is 31.0 Å². The summed E-state index contributed by atoms with van der Waals surface area (Å²) >= 11 is 0. The van der Waals surface area contributed by atoms with E-state index >= 15 is 0 Å². The Hall–Kier alpha value is -4.53. The predicted molar refractivity (Wildman–Crippen MR) is 130 cm³/mol. The van der Waals surface area contributed by atoms with Crippen molar-refractivity contribution < 1.29 is 14.3 Å². The molecule has 0 bridgehead atoms. The topological polar surface area (TPSA) is 118 Å². The van der Waals surface area contributed by atoms with Crippen molar-refractivity contribution in [2.24, 2.45) is 0 Å². The van der Waals surface area contributed by atoms with Crippen LogP contribution in [-0.4, -0.2) is 47.2 Å². The SMILES string of the molecule is COC(=O)NCCCNC(=O)c1ccc(Nc2ncc3cc(-c4ccncc4)ccc3n2)cc1. The van der Waals surface area contributed by atoms with E-state index in [2.05, 4.69) is 35.6 Å². The van der Waals surface area contributed by atoms with Gasteiger partial charge < -0.3 is 20.7 Å². The van der Waals surface area contributed by atoms with Crippen LogP contribution in [0.2, 0.25) is 0 Å². The molecule has 172 valence electrons. The molecule has 0 aliphatic heterocycles. The third-order valence-electron chi connectivity index (χ3n) is 5.09. The Labute approximate surface area is 196 Å². The lowest BCUT2D eigenvalue weighted by Gasteiger charge is -2.09. The Bertz CT molecular complexity index is 1280. The molecule has 0 unspecified atom stereocenters. The van der Waals surface area contributed by atoms with Crippen LogP contribution in [0.3, 0.4) is 0 Å². The van der Waals surface area contributed by atoms with Crippen molar-refractivity contribution in [3.8, 4) is 11.1 Å². The van der Waals surface area contributed by atoms with Crippen LogP contribution in [0, 0.1) is 0 Å². The second-order valence-electron chi connectivity index (χ2n) is 7.43. The molecular formula is C25H24N6O3. The molecule has 2 aromatic carbocycles. The van der Waals surface area contributed by atoms with E-state index in [0.717, 1.165) is 27.7 Å². The third kappa shape index (κ3) is 5.83. The molecule has 0 atom stereocenters.